The lowest BCUT2D eigenvalue weighted by Crippen LogP contribution is -2.39. The van der Waals surface area contributed by atoms with Crippen molar-refractivity contribution in [2.75, 3.05) is 20.2 Å². The molecule has 2 N–H and O–H groups in total. The fourth-order valence-corrected chi connectivity index (χ4v) is 1.50. The van der Waals surface area contributed by atoms with Gasteiger partial charge < -0.3 is 10.5 Å². The van der Waals surface area contributed by atoms with Crippen LogP contribution in [0.15, 0.2) is 24.3 Å². The first-order chi connectivity index (χ1) is 8.11. The Bertz CT molecular complexity index is 418. The number of imide groups is 1. The van der Waals surface area contributed by atoms with Crippen LogP contribution in [0.1, 0.15) is 17.3 Å². The third kappa shape index (κ3) is 3.04. The summed E-state index contributed by atoms with van der Waals surface area (Å²) in [5.74, 6) is -0.271. The molecule has 0 heterocycles. The molecule has 5 heteroatoms. The maximum Gasteiger partial charge on any atom is 0.264 e. The lowest BCUT2D eigenvalue weighted by Gasteiger charge is -2.19. The fourth-order valence-electron chi connectivity index (χ4n) is 1.50. The molecular formula is C12H16N2O3. The molecule has 1 rings (SSSR count). The molecule has 17 heavy (non-hydrogen) atoms. The highest BCUT2D eigenvalue weighted by Crippen LogP contribution is 2.19. The number of hydrogen-bond acceptors (Lipinski definition) is 4. The van der Waals surface area contributed by atoms with Crippen LogP contribution < -0.4 is 10.5 Å². The summed E-state index contributed by atoms with van der Waals surface area (Å²) in [7, 11) is 1.48. The molecule has 0 radical (unpaired) electrons. The fraction of sp³-hybridized carbons (Fsp3) is 0.333. The molecule has 0 spiro atoms. The Morgan fingerprint density at radius 2 is 2.00 bits per heavy atom. The number of carbonyl (C=O) groups excluding carboxylic acids is 2. The second-order valence-electron chi connectivity index (χ2n) is 3.46. The van der Waals surface area contributed by atoms with Gasteiger partial charge in [0.25, 0.3) is 5.91 Å². The molecule has 0 aliphatic heterocycles. The van der Waals surface area contributed by atoms with Gasteiger partial charge >= 0.3 is 0 Å². The van der Waals surface area contributed by atoms with E-state index < -0.39 is 0 Å². The van der Waals surface area contributed by atoms with E-state index >= 15 is 0 Å². The van der Waals surface area contributed by atoms with E-state index in [9.17, 15) is 9.59 Å². The molecular weight excluding hydrogens is 220 g/mol. The van der Waals surface area contributed by atoms with Crippen molar-refractivity contribution in [3.8, 4) is 5.75 Å². The van der Waals surface area contributed by atoms with Crippen molar-refractivity contribution in [3.63, 3.8) is 0 Å². The van der Waals surface area contributed by atoms with Gasteiger partial charge in [-0.1, -0.05) is 12.1 Å². The summed E-state index contributed by atoms with van der Waals surface area (Å²) in [6.45, 7) is 1.77. The van der Waals surface area contributed by atoms with Gasteiger partial charge in [-0.2, -0.15) is 0 Å². The van der Waals surface area contributed by atoms with E-state index in [4.69, 9.17) is 10.5 Å². The van der Waals surface area contributed by atoms with Gasteiger partial charge in [-0.25, -0.2) is 0 Å². The zero-order valence-electron chi connectivity index (χ0n) is 9.97. The summed E-state index contributed by atoms with van der Waals surface area (Å²) in [6.07, 6.45) is 0. The first-order valence-electron chi connectivity index (χ1n) is 5.27. The Labute approximate surface area is 100 Å². The van der Waals surface area contributed by atoms with Crippen LogP contribution in [0.2, 0.25) is 0 Å². The van der Waals surface area contributed by atoms with Crippen molar-refractivity contribution in [3.05, 3.63) is 29.8 Å². The molecule has 0 aliphatic carbocycles. The summed E-state index contributed by atoms with van der Waals surface area (Å²) < 4.78 is 5.08. The average molecular weight is 236 g/mol. The Morgan fingerprint density at radius 1 is 1.35 bits per heavy atom. The van der Waals surface area contributed by atoms with E-state index in [1.807, 2.05) is 0 Å². The number of para-hydroxylation sites is 1. The molecule has 1 aromatic rings. The monoisotopic (exact) mass is 236 g/mol. The minimum absolute atomic E-state index is 0.201. The summed E-state index contributed by atoms with van der Waals surface area (Å²) >= 11 is 0. The largest absolute Gasteiger partial charge is 0.496 e. The van der Waals surface area contributed by atoms with Crippen LogP contribution in [0, 0.1) is 0 Å². The van der Waals surface area contributed by atoms with Gasteiger partial charge in [0.1, 0.15) is 5.75 Å². The van der Waals surface area contributed by atoms with Crippen molar-refractivity contribution in [1.29, 1.82) is 0 Å². The number of amides is 2. The molecule has 0 atom stereocenters. The molecule has 2 amide bonds. The van der Waals surface area contributed by atoms with Crippen LogP contribution in [0.3, 0.4) is 0 Å². The predicted molar refractivity (Wildman–Crippen MR) is 63.8 cm³/mol. The Hall–Kier alpha value is -1.88. The maximum absolute atomic E-state index is 12.1. The zero-order chi connectivity index (χ0) is 12.8. The minimum Gasteiger partial charge on any atom is -0.496 e. The van der Waals surface area contributed by atoms with Crippen LogP contribution in [0.5, 0.6) is 5.75 Å². The third-order valence-electron chi connectivity index (χ3n) is 2.32. The Balaban J connectivity index is 3.04. The molecule has 0 fully saturated rings. The molecule has 0 saturated heterocycles. The van der Waals surface area contributed by atoms with Gasteiger partial charge in [0, 0.05) is 20.0 Å². The number of methoxy groups -OCH3 is 1. The molecule has 0 aromatic heterocycles. The van der Waals surface area contributed by atoms with Crippen LogP contribution >= 0.6 is 0 Å². The first-order valence-corrected chi connectivity index (χ1v) is 5.27. The van der Waals surface area contributed by atoms with Gasteiger partial charge in [0.15, 0.2) is 0 Å². The summed E-state index contributed by atoms with van der Waals surface area (Å²) in [5, 5.41) is 0. The van der Waals surface area contributed by atoms with E-state index in [1.54, 1.807) is 24.3 Å². The topological polar surface area (TPSA) is 72.6 Å². The van der Waals surface area contributed by atoms with E-state index in [0.717, 1.165) is 4.90 Å². The third-order valence-corrected chi connectivity index (χ3v) is 2.32. The lowest BCUT2D eigenvalue weighted by molar-refractivity contribution is -0.126. The van der Waals surface area contributed by atoms with Crippen molar-refractivity contribution in [2.24, 2.45) is 5.73 Å². The molecule has 0 aliphatic rings. The van der Waals surface area contributed by atoms with Crippen LogP contribution in [-0.4, -0.2) is 36.9 Å². The molecule has 0 unspecified atom stereocenters. The van der Waals surface area contributed by atoms with Gasteiger partial charge in [0.2, 0.25) is 5.91 Å². The van der Waals surface area contributed by atoms with Gasteiger partial charge in [0.05, 0.1) is 12.7 Å². The smallest absolute Gasteiger partial charge is 0.264 e. The SMILES string of the molecule is COc1ccccc1C(=O)N(CCN)C(C)=O. The molecule has 0 saturated carbocycles. The molecule has 1 aromatic carbocycles. The van der Waals surface area contributed by atoms with Gasteiger partial charge in [-0.15, -0.1) is 0 Å². The van der Waals surface area contributed by atoms with Crippen LogP contribution in [-0.2, 0) is 4.79 Å². The van der Waals surface area contributed by atoms with E-state index in [0.29, 0.717) is 11.3 Å². The number of ether oxygens (including phenoxy) is 1. The highest BCUT2D eigenvalue weighted by molar-refractivity contribution is 6.05. The number of nitrogens with two attached hydrogens (primary N) is 1. The number of nitrogens with zero attached hydrogens (tertiary/aromatic N) is 1. The minimum atomic E-state index is -0.389. The van der Waals surface area contributed by atoms with E-state index in [-0.39, 0.29) is 24.9 Å². The molecule has 0 bridgehead atoms. The molecule has 92 valence electrons. The van der Waals surface area contributed by atoms with E-state index in [2.05, 4.69) is 0 Å². The second-order valence-corrected chi connectivity index (χ2v) is 3.46. The summed E-state index contributed by atoms with van der Waals surface area (Å²) in [6, 6.07) is 6.77. The van der Waals surface area contributed by atoms with Gasteiger partial charge in [-0.3, -0.25) is 14.5 Å². The normalized spacial score (nSPS) is 9.82. The van der Waals surface area contributed by atoms with Crippen molar-refractivity contribution < 1.29 is 14.3 Å². The van der Waals surface area contributed by atoms with Crippen molar-refractivity contribution in [2.45, 2.75) is 6.92 Å². The Morgan fingerprint density at radius 3 is 2.53 bits per heavy atom. The zero-order valence-corrected chi connectivity index (χ0v) is 9.97. The highest BCUT2D eigenvalue weighted by Gasteiger charge is 2.21. The van der Waals surface area contributed by atoms with Crippen molar-refractivity contribution >= 4 is 11.8 Å². The quantitative estimate of drug-likeness (QED) is 0.832. The summed E-state index contributed by atoms with van der Waals surface area (Å²) in [5.41, 5.74) is 5.74. The number of carbonyl (C=O) groups is 2. The van der Waals surface area contributed by atoms with E-state index in [1.165, 1.54) is 14.0 Å². The average Bonchev–Trinajstić information content (AvgIpc) is 2.34. The second kappa shape index (κ2) is 6.00. The summed E-state index contributed by atoms with van der Waals surface area (Å²) in [4.78, 5) is 24.6. The van der Waals surface area contributed by atoms with Crippen LogP contribution in [0.25, 0.3) is 0 Å². The number of hydrogen-bond donors (Lipinski definition) is 1. The van der Waals surface area contributed by atoms with Crippen LogP contribution in [0.4, 0.5) is 0 Å². The molecule has 5 nitrogen and oxygen atoms in total. The maximum atomic E-state index is 12.1. The number of rotatable bonds is 4. The predicted octanol–water partition coefficient (Wildman–Crippen LogP) is 0.643. The Kier molecular flexibility index (Phi) is 4.66. The number of benzene rings is 1. The van der Waals surface area contributed by atoms with Crippen molar-refractivity contribution in [1.82, 2.24) is 4.90 Å². The van der Waals surface area contributed by atoms with Gasteiger partial charge in [-0.05, 0) is 12.1 Å². The standard InChI is InChI=1S/C12H16N2O3/c1-9(15)14(8-7-13)12(16)10-5-3-4-6-11(10)17-2/h3-6H,7-8,13H2,1-2H3. The first kappa shape index (κ1) is 13.2. The highest BCUT2D eigenvalue weighted by atomic mass is 16.5. The lowest BCUT2D eigenvalue weighted by atomic mass is 10.1.